The van der Waals surface area contributed by atoms with Gasteiger partial charge in [-0.1, -0.05) is 18.2 Å². The number of carbonyl (C=O) groups is 1. The third-order valence-electron chi connectivity index (χ3n) is 4.38. The van der Waals surface area contributed by atoms with Gasteiger partial charge in [0.05, 0.1) is 18.1 Å². The average Bonchev–Trinajstić information content (AvgIpc) is 2.67. The van der Waals surface area contributed by atoms with Gasteiger partial charge in [-0.2, -0.15) is 4.31 Å². The minimum atomic E-state index is -3.63. The van der Waals surface area contributed by atoms with Crippen LogP contribution in [0.5, 0.6) is 0 Å². The molecule has 1 fully saturated rings. The van der Waals surface area contributed by atoms with Crippen molar-refractivity contribution in [1.29, 1.82) is 0 Å². The molecule has 3 rings (SSSR count). The van der Waals surface area contributed by atoms with E-state index in [-0.39, 0.29) is 10.8 Å². The maximum Gasteiger partial charge on any atom is 0.258 e. The Hall–Kier alpha value is -2.22. The zero-order chi connectivity index (χ0) is 18.7. The molecule has 7 heteroatoms. The first-order valence-corrected chi connectivity index (χ1v) is 9.86. The van der Waals surface area contributed by atoms with E-state index in [0.29, 0.717) is 31.9 Å². The summed E-state index contributed by atoms with van der Waals surface area (Å²) in [5.41, 5.74) is 2.14. The summed E-state index contributed by atoms with van der Waals surface area (Å²) in [5.74, 6) is -0.255. The Morgan fingerprint density at radius 2 is 1.77 bits per heavy atom. The molecule has 0 aliphatic carbocycles. The second-order valence-corrected chi connectivity index (χ2v) is 8.19. The van der Waals surface area contributed by atoms with Crippen molar-refractivity contribution in [2.75, 3.05) is 38.3 Å². The van der Waals surface area contributed by atoms with Crippen molar-refractivity contribution in [3.05, 3.63) is 59.7 Å². The molecular weight excluding hydrogens is 352 g/mol. The molecule has 6 nitrogen and oxygen atoms in total. The highest BCUT2D eigenvalue weighted by molar-refractivity contribution is 7.89. The molecule has 0 radical (unpaired) electrons. The summed E-state index contributed by atoms with van der Waals surface area (Å²) in [6.07, 6.45) is 0. The number of hydrogen-bond donors (Lipinski definition) is 0. The van der Waals surface area contributed by atoms with Crippen molar-refractivity contribution in [2.24, 2.45) is 0 Å². The van der Waals surface area contributed by atoms with Crippen LogP contribution in [0.3, 0.4) is 0 Å². The van der Waals surface area contributed by atoms with Gasteiger partial charge >= 0.3 is 0 Å². The predicted molar refractivity (Wildman–Crippen MR) is 99.9 cm³/mol. The van der Waals surface area contributed by atoms with Gasteiger partial charge in [0, 0.05) is 31.4 Å². The lowest BCUT2D eigenvalue weighted by atomic mass is 10.1. The van der Waals surface area contributed by atoms with Crippen LogP contribution in [0.15, 0.2) is 53.4 Å². The van der Waals surface area contributed by atoms with E-state index in [4.69, 9.17) is 4.74 Å². The lowest BCUT2D eigenvalue weighted by molar-refractivity contribution is 0.0730. The van der Waals surface area contributed by atoms with Gasteiger partial charge in [-0.25, -0.2) is 8.42 Å². The van der Waals surface area contributed by atoms with Gasteiger partial charge in [0.1, 0.15) is 0 Å². The number of rotatable bonds is 4. The number of sulfonamides is 1. The SMILES string of the molecule is Cc1cccc(N(C)C(=O)c2cccc(S(=O)(=O)N3CCOCC3)c2)c1. The third-order valence-corrected chi connectivity index (χ3v) is 6.28. The number of aryl methyl sites for hydroxylation is 1. The Morgan fingerprint density at radius 3 is 2.46 bits per heavy atom. The number of amides is 1. The highest BCUT2D eigenvalue weighted by atomic mass is 32.2. The number of ether oxygens (including phenoxy) is 1. The Balaban J connectivity index is 1.88. The first kappa shape index (κ1) is 18.6. The lowest BCUT2D eigenvalue weighted by Crippen LogP contribution is -2.40. The van der Waals surface area contributed by atoms with Crippen LogP contribution in [-0.2, 0) is 14.8 Å². The van der Waals surface area contributed by atoms with Crippen molar-refractivity contribution < 1.29 is 17.9 Å². The zero-order valence-corrected chi connectivity index (χ0v) is 15.7. The van der Waals surface area contributed by atoms with Gasteiger partial charge in [-0.15, -0.1) is 0 Å². The molecule has 2 aromatic rings. The molecule has 26 heavy (non-hydrogen) atoms. The minimum absolute atomic E-state index is 0.128. The van der Waals surface area contributed by atoms with Gasteiger partial charge in [-0.3, -0.25) is 4.79 Å². The highest BCUT2D eigenvalue weighted by Crippen LogP contribution is 2.21. The van der Waals surface area contributed by atoms with E-state index in [1.54, 1.807) is 19.2 Å². The summed E-state index contributed by atoms with van der Waals surface area (Å²) in [6, 6.07) is 13.8. The quantitative estimate of drug-likeness (QED) is 0.824. The monoisotopic (exact) mass is 374 g/mol. The van der Waals surface area contributed by atoms with E-state index >= 15 is 0 Å². The van der Waals surface area contributed by atoms with E-state index in [9.17, 15) is 13.2 Å². The number of morpholine rings is 1. The van der Waals surface area contributed by atoms with Crippen molar-refractivity contribution >= 4 is 21.6 Å². The second kappa shape index (κ2) is 7.57. The Kier molecular flexibility index (Phi) is 5.41. The molecule has 0 N–H and O–H groups in total. The second-order valence-electron chi connectivity index (χ2n) is 6.25. The molecule has 2 aromatic carbocycles. The average molecular weight is 374 g/mol. The molecule has 1 amide bonds. The Morgan fingerprint density at radius 1 is 1.08 bits per heavy atom. The van der Waals surface area contributed by atoms with Crippen LogP contribution in [0.2, 0.25) is 0 Å². The zero-order valence-electron chi connectivity index (χ0n) is 14.9. The molecule has 1 saturated heterocycles. The number of carbonyl (C=O) groups excluding carboxylic acids is 1. The summed E-state index contributed by atoms with van der Waals surface area (Å²) >= 11 is 0. The van der Waals surface area contributed by atoms with E-state index in [1.165, 1.54) is 21.3 Å². The topological polar surface area (TPSA) is 66.9 Å². The van der Waals surface area contributed by atoms with E-state index in [1.807, 2.05) is 31.2 Å². The van der Waals surface area contributed by atoms with Crippen molar-refractivity contribution in [1.82, 2.24) is 4.31 Å². The fourth-order valence-corrected chi connectivity index (χ4v) is 4.33. The molecule has 1 aliphatic heterocycles. The van der Waals surface area contributed by atoms with Gasteiger partial charge < -0.3 is 9.64 Å². The Bertz CT molecular complexity index is 905. The van der Waals surface area contributed by atoms with Crippen LogP contribution >= 0.6 is 0 Å². The normalized spacial score (nSPS) is 15.6. The van der Waals surface area contributed by atoms with Gasteiger partial charge in [-0.05, 0) is 42.8 Å². The number of anilines is 1. The molecule has 0 spiro atoms. The minimum Gasteiger partial charge on any atom is -0.379 e. The van der Waals surface area contributed by atoms with E-state index in [0.717, 1.165) is 11.3 Å². The molecule has 1 aliphatic rings. The first-order chi connectivity index (χ1) is 12.4. The van der Waals surface area contributed by atoms with Crippen LogP contribution in [0.1, 0.15) is 15.9 Å². The van der Waals surface area contributed by atoms with Crippen LogP contribution in [0.25, 0.3) is 0 Å². The van der Waals surface area contributed by atoms with E-state index in [2.05, 4.69) is 0 Å². The standard InChI is InChI=1S/C19H22N2O4S/c1-15-5-3-7-17(13-15)20(2)19(22)16-6-4-8-18(14-16)26(23,24)21-9-11-25-12-10-21/h3-8,13-14H,9-12H2,1-2H3. The van der Waals surface area contributed by atoms with Crippen molar-refractivity contribution in [2.45, 2.75) is 11.8 Å². The molecule has 0 bridgehead atoms. The Labute approximate surface area is 154 Å². The molecule has 0 atom stereocenters. The molecule has 138 valence electrons. The first-order valence-electron chi connectivity index (χ1n) is 8.42. The molecule has 0 aromatic heterocycles. The van der Waals surface area contributed by atoms with Gasteiger partial charge in [0.2, 0.25) is 10.0 Å². The molecular formula is C19H22N2O4S. The maximum absolute atomic E-state index is 12.8. The molecule has 0 saturated carbocycles. The summed E-state index contributed by atoms with van der Waals surface area (Å²) in [4.78, 5) is 14.5. The predicted octanol–water partition coefficient (Wildman–Crippen LogP) is 2.29. The fourth-order valence-electron chi connectivity index (χ4n) is 2.87. The van der Waals surface area contributed by atoms with Crippen LogP contribution < -0.4 is 4.90 Å². The highest BCUT2D eigenvalue weighted by Gasteiger charge is 2.27. The molecule has 1 heterocycles. The third kappa shape index (κ3) is 3.80. The fraction of sp³-hybridized carbons (Fsp3) is 0.316. The number of hydrogen-bond acceptors (Lipinski definition) is 4. The van der Waals surface area contributed by atoms with Crippen LogP contribution in [0, 0.1) is 6.92 Å². The number of benzene rings is 2. The van der Waals surface area contributed by atoms with Gasteiger partial charge in [0.15, 0.2) is 0 Å². The van der Waals surface area contributed by atoms with Crippen LogP contribution in [0.4, 0.5) is 5.69 Å². The summed E-state index contributed by atoms with van der Waals surface area (Å²) < 4.78 is 32.2. The van der Waals surface area contributed by atoms with Crippen molar-refractivity contribution in [3.63, 3.8) is 0 Å². The largest absolute Gasteiger partial charge is 0.379 e. The lowest BCUT2D eigenvalue weighted by Gasteiger charge is -2.26. The van der Waals surface area contributed by atoms with Crippen molar-refractivity contribution in [3.8, 4) is 0 Å². The van der Waals surface area contributed by atoms with Gasteiger partial charge in [0.25, 0.3) is 5.91 Å². The maximum atomic E-state index is 12.8. The summed E-state index contributed by atoms with van der Waals surface area (Å²) in [6.45, 7) is 3.37. The number of nitrogens with zero attached hydrogens (tertiary/aromatic N) is 2. The smallest absolute Gasteiger partial charge is 0.258 e. The molecule has 0 unspecified atom stereocenters. The van der Waals surface area contributed by atoms with E-state index < -0.39 is 10.0 Å². The summed E-state index contributed by atoms with van der Waals surface area (Å²) in [5, 5.41) is 0. The van der Waals surface area contributed by atoms with Crippen LogP contribution in [-0.4, -0.2) is 52.0 Å². The summed E-state index contributed by atoms with van der Waals surface area (Å²) in [7, 11) is -1.95.